The molecule has 1 atom stereocenters. The number of ether oxygens (including phenoxy) is 1. The Hall–Kier alpha value is -4.25. The molecule has 188 valence electrons. The zero-order valence-electron chi connectivity index (χ0n) is 20.2. The highest BCUT2D eigenvalue weighted by molar-refractivity contribution is 6.05. The van der Waals surface area contributed by atoms with Crippen molar-refractivity contribution in [1.82, 2.24) is 29.6 Å². The molecule has 0 spiro atoms. The average Bonchev–Trinajstić information content (AvgIpc) is 3.52. The third kappa shape index (κ3) is 3.57. The van der Waals surface area contributed by atoms with Crippen LogP contribution >= 0.6 is 0 Å². The second-order valence-electron chi connectivity index (χ2n) is 9.47. The molecule has 11 heteroatoms. The number of hydrogen-bond acceptors (Lipinski definition) is 8. The second kappa shape index (κ2) is 8.41. The van der Waals surface area contributed by atoms with Crippen LogP contribution in [0.15, 0.2) is 42.9 Å². The number of amides is 1. The number of fused-ring (bicyclic) bond motifs is 5. The van der Waals surface area contributed by atoms with Crippen LogP contribution < -0.4 is 20.3 Å². The molecule has 0 saturated carbocycles. The van der Waals surface area contributed by atoms with Crippen molar-refractivity contribution in [2.24, 2.45) is 0 Å². The summed E-state index contributed by atoms with van der Waals surface area (Å²) in [7, 11) is 0. The van der Waals surface area contributed by atoms with Gasteiger partial charge in [-0.2, -0.15) is 4.98 Å². The third-order valence-corrected chi connectivity index (χ3v) is 7.39. The Morgan fingerprint density at radius 2 is 2.14 bits per heavy atom. The maximum absolute atomic E-state index is 13.6. The molecule has 7 rings (SSSR count). The molecule has 4 aromatic heterocycles. The first-order valence-corrected chi connectivity index (χ1v) is 12.4. The summed E-state index contributed by atoms with van der Waals surface area (Å²) in [5.74, 6) is 0.618. The van der Waals surface area contributed by atoms with Crippen molar-refractivity contribution in [2.45, 2.75) is 19.5 Å². The minimum atomic E-state index is -0.362. The molecule has 37 heavy (non-hydrogen) atoms. The molecular weight excluding hydrogens is 475 g/mol. The first-order valence-electron chi connectivity index (χ1n) is 12.4. The van der Waals surface area contributed by atoms with E-state index in [9.17, 15) is 9.18 Å². The minimum absolute atomic E-state index is 0.188. The van der Waals surface area contributed by atoms with Crippen molar-refractivity contribution in [3.05, 3.63) is 59.8 Å². The van der Waals surface area contributed by atoms with Gasteiger partial charge in [-0.3, -0.25) is 19.1 Å². The number of hydrogen-bond donors (Lipinski definition) is 2. The van der Waals surface area contributed by atoms with Gasteiger partial charge in [-0.25, -0.2) is 9.37 Å². The van der Waals surface area contributed by atoms with E-state index in [0.29, 0.717) is 59.2 Å². The first-order chi connectivity index (χ1) is 18.1. The van der Waals surface area contributed by atoms with Crippen LogP contribution in [0.2, 0.25) is 0 Å². The lowest BCUT2D eigenvalue weighted by Gasteiger charge is -2.45. The number of carbonyl (C=O) groups is 1. The van der Waals surface area contributed by atoms with Crippen molar-refractivity contribution < 1.29 is 13.9 Å². The molecule has 4 aromatic rings. The van der Waals surface area contributed by atoms with E-state index >= 15 is 0 Å². The number of likely N-dealkylation sites (N-methyl/N-ethyl adjacent to an activating group) is 1. The molecule has 0 unspecified atom stereocenters. The molecule has 1 amide bonds. The van der Waals surface area contributed by atoms with Gasteiger partial charge in [-0.05, 0) is 24.7 Å². The lowest BCUT2D eigenvalue weighted by Crippen LogP contribution is -2.57. The van der Waals surface area contributed by atoms with Crippen molar-refractivity contribution >= 4 is 28.7 Å². The van der Waals surface area contributed by atoms with Crippen LogP contribution in [-0.4, -0.2) is 69.0 Å². The minimum Gasteiger partial charge on any atom is -0.474 e. The van der Waals surface area contributed by atoms with Gasteiger partial charge in [0.2, 0.25) is 5.88 Å². The van der Waals surface area contributed by atoms with Crippen molar-refractivity contribution in [3.63, 3.8) is 0 Å². The van der Waals surface area contributed by atoms with E-state index in [1.54, 1.807) is 23.0 Å². The number of aromatic nitrogens is 4. The summed E-state index contributed by atoms with van der Waals surface area (Å²) in [6, 6.07) is 6.98. The molecule has 0 bridgehead atoms. The smallest absolute Gasteiger partial charge is 0.254 e. The molecule has 10 nitrogen and oxygen atoms in total. The molecule has 0 radical (unpaired) electrons. The summed E-state index contributed by atoms with van der Waals surface area (Å²) in [4.78, 5) is 31.3. The Labute approximate surface area is 212 Å². The van der Waals surface area contributed by atoms with E-state index in [1.165, 1.54) is 12.1 Å². The molecule has 0 aromatic carbocycles. The highest BCUT2D eigenvalue weighted by Crippen LogP contribution is 2.37. The SMILES string of the molecule is CCN1CCN2c3ccc(Nc4cnc(-c5cnc6cc(F)ccn56)c5c4C(=O)NC5)nc3OC[C@H]2C1. The maximum atomic E-state index is 13.6. The van der Waals surface area contributed by atoms with Gasteiger partial charge in [0.1, 0.15) is 29.6 Å². The highest BCUT2D eigenvalue weighted by Gasteiger charge is 2.33. The first kappa shape index (κ1) is 22.0. The van der Waals surface area contributed by atoms with E-state index in [4.69, 9.17) is 9.72 Å². The Morgan fingerprint density at radius 3 is 3.03 bits per heavy atom. The van der Waals surface area contributed by atoms with E-state index < -0.39 is 0 Å². The summed E-state index contributed by atoms with van der Waals surface area (Å²) in [5.41, 5.74) is 4.61. The van der Waals surface area contributed by atoms with Crippen LogP contribution in [0.5, 0.6) is 5.88 Å². The van der Waals surface area contributed by atoms with Crippen molar-refractivity contribution in [1.29, 1.82) is 0 Å². The van der Waals surface area contributed by atoms with Gasteiger partial charge >= 0.3 is 0 Å². The maximum Gasteiger partial charge on any atom is 0.254 e. The Morgan fingerprint density at radius 1 is 1.22 bits per heavy atom. The summed E-state index contributed by atoms with van der Waals surface area (Å²) in [5, 5.41) is 6.17. The van der Waals surface area contributed by atoms with Crippen LogP contribution in [0.1, 0.15) is 22.8 Å². The molecular formula is C26H25FN8O2. The topological polar surface area (TPSA) is 99.9 Å². The fourth-order valence-corrected chi connectivity index (χ4v) is 5.49. The average molecular weight is 501 g/mol. The van der Waals surface area contributed by atoms with E-state index in [1.807, 2.05) is 12.1 Å². The van der Waals surface area contributed by atoms with Crippen molar-refractivity contribution in [3.8, 4) is 17.3 Å². The molecule has 2 N–H and O–H groups in total. The van der Waals surface area contributed by atoms with Gasteiger partial charge in [-0.15, -0.1) is 0 Å². The molecule has 3 aliphatic rings. The number of nitrogens with zero attached hydrogens (tertiary/aromatic N) is 6. The summed E-state index contributed by atoms with van der Waals surface area (Å²) in [6.45, 7) is 7.11. The Balaban J connectivity index is 1.21. The zero-order valence-corrected chi connectivity index (χ0v) is 20.2. The number of imidazole rings is 1. The standard InChI is InChI=1S/C26H25FN8O2/c1-2-33-7-8-34-16(13-33)14-37-26-19(34)3-4-21(32-26)31-18-11-29-24(17-10-30-25(36)23(17)18)20-12-28-22-9-15(27)5-6-35(20)22/h3-6,9,11-12,16H,2,7-8,10,13-14H2,1H3,(H,30,36)(H,31,32)/t16-/m1/s1. The summed E-state index contributed by atoms with van der Waals surface area (Å²) in [6.07, 6.45) is 4.88. The molecule has 3 aliphatic heterocycles. The van der Waals surface area contributed by atoms with Crippen molar-refractivity contribution in [2.75, 3.05) is 43.0 Å². The van der Waals surface area contributed by atoms with Crippen LogP contribution in [0.3, 0.4) is 0 Å². The van der Waals surface area contributed by atoms with Gasteiger partial charge in [0, 0.05) is 44.0 Å². The van der Waals surface area contributed by atoms with Gasteiger partial charge in [0.25, 0.3) is 5.91 Å². The van der Waals surface area contributed by atoms with Crippen LogP contribution in [0.25, 0.3) is 17.0 Å². The monoisotopic (exact) mass is 500 g/mol. The molecule has 1 saturated heterocycles. The number of halogens is 1. The number of pyridine rings is 3. The fraction of sp³-hybridized carbons (Fsp3) is 0.308. The number of anilines is 3. The summed E-state index contributed by atoms with van der Waals surface area (Å²) < 4.78 is 21.5. The third-order valence-electron chi connectivity index (χ3n) is 7.39. The predicted molar refractivity (Wildman–Crippen MR) is 136 cm³/mol. The van der Waals surface area contributed by atoms with Gasteiger partial charge in [0.05, 0.1) is 41.1 Å². The Bertz CT molecular complexity index is 1550. The van der Waals surface area contributed by atoms with Gasteiger partial charge in [0.15, 0.2) is 0 Å². The van der Waals surface area contributed by atoms with Crippen LogP contribution in [-0.2, 0) is 6.54 Å². The van der Waals surface area contributed by atoms with E-state index in [-0.39, 0.29) is 11.7 Å². The lowest BCUT2D eigenvalue weighted by molar-refractivity contribution is 0.0966. The lowest BCUT2D eigenvalue weighted by atomic mass is 10.1. The normalized spacial score (nSPS) is 18.7. The van der Waals surface area contributed by atoms with Crippen LogP contribution in [0, 0.1) is 5.82 Å². The van der Waals surface area contributed by atoms with Gasteiger partial charge < -0.3 is 20.3 Å². The fourth-order valence-electron chi connectivity index (χ4n) is 5.49. The Kier molecular flexibility index (Phi) is 5.00. The number of nitrogens with one attached hydrogen (secondary N) is 2. The van der Waals surface area contributed by atoms with Gasteiger partial charge in [-0.1, -0.05) is 6.92 Å². The highest BCUT2D eigenvalue weighted by atomic mass is 19.1. The quantitative estimate of drug-likeness (QED) is 0.441. The number of carbonyl (C=O) groups excluding carboxylic acids is 1. The number of piperazine rings is 1. The van der Waals surface area contributed by atoms with E-state index in [2.05, 4.69) is 37.3 Å². The largest absolute Gasteiger partial charge is 0.474 e. The molecule has 7 heterocycles. The predicted octanol–water partition coefficient (Wildman–Crippen LogP) is 2.82. The molecule has 1 fully saturated rings. The van der Waals surface area contributed by atoms with Crippen LogP contribution in [0.4, 0.5) is 21.6 Å². The number of rotatable bonds is 4. The molecule has 0 aliphatic carbocycles. The zero-order chi connectivity index (χ0) is 25.1. The summed E-state index contributed by atoms with van der Waals surface area (Å²) >= 11 is 0. The van der Waals surface area contributed by atoms with E-state index in [0.717, 1.165) is 37.4 Å². The second-order valence-corrected chi connectivity index (χ2v) is 9.47.